The average molecular weight is 255 g/mol. The average Bonchev–Trinajstić information content (AvgIpc) is 2.59. The molecule has 1 aromatic rings. The summed E-state index contributed by atoms with van der Waals surface area (Å²) in [5, 5.41) is 6.67. The zero-order valence-electron chi connectivity index (χ0n) is 10.3. The molecule has 0 amide bonds. The Morgan fingerprint density at radius 1 is 1.35 bits per heavy atom. The Bertz CT molecular complexity index is 538. The molecule has 0 fully saturated rings. The smallest absolute Gasteiger partial charge is 0.247 e. The zero-order chi connectivity index (χ0) is 12.6. The Labute approximate surface area is 102 Å². The Balaban J connectivity index is 2.41. The van der Waals surface area contributed by atoms with E-state index < -0.39 is 10.0 Å². The number of hydrogen-bond donors (Lipinski definition) is 1. The molecule has 0 bridgehead atoms. The number of sulfonamides is 1. The SMILES string of the molecule is CC1=CCCN(S(=O)(=O)c2c(C)n[nH]c2C)C1. The third kappa shape index (κ3) is 2.14. The van der Waals surface area contributed by atoms with Crippen molar-refractivity contribution in [3.8, 4) is 0 Å². The van der Waals surface area contributed by atoms with Crippen molar-refractivity contribution < 1.29 is 8.42 Å². The lowest BCUT2D eigenvalue weighted by atomic mass is 10.2. The van der Waals surface area contributed by atoms with Crippen LogP contribution in [-0.4, -0.2) is 36.0 Å². The van der Waals surface area contributed by atoms with Crippen LogP contribution in [-0.2, 0) is 10.0 Å². The maximum Gasteiger partial charge on any atom is 0.247 e. The van der Waals surface area contributed by atoms with Crippen molar-refractivity contribution in [3.05, 3.63) is 23.0 Å². The minimum absolute atomic E-state index is 0.326. The molecule has 0 saturated heterocycles. The number of rotatable bonds is 2. The first-order chi connectivity index (χ1) is 7.93. The second-order valence-electron chi connectivity index (χ2n) is 4.44. The van der Waals surface area contributed by atoms with Crippen LogP contribution in [0.15, 0.2) is 16.5 Å². The Kier molecular flexibility index (Phi) is 3.09. The lowest BCUT2D eigenvalue weighted by Gasteiger charge is -2.25. The second-order valence-corrected chi connectivity index (χ2v) is 6.32. The maximum absolute atomic E-state index is 12.5. The summed E-state index contributed by atoms with van der Waals surface area (Å²) in [6, 6.07) is 0. The molecule has 1 N–H and O–H groups in total. The van der Waals surface area contributed by atoms with Crippen molar-refractivity contribution in [1.29, 1.82) is 0 Å². The highest BCUT2D eigenvalue weighted by Gasteiger charge is 2.30. The largest absolute Gasteiger partial charge is 0.281 e. The molecule has 2 heterocycles. The minimum atomic E-state index is -3.41. The van der Waals surface area contributed by atoms with Crippen molar-refractivity contribution >= 4 is 10.0 Å². The number of aryl methyl sites for hydroxylation is 2. The van der Waals surface area contributed by atoms with Crippen LogP contribution in [0.5, 0.6) is 0 Å². The lowest BCUT2D eigenvalue weighted by molar-refractivity contribution is 0.427. The highest BCUT2D eigenvalue weighted by atomic mass is 32.2. The molecule has 2 rings (SSSR count). The van der Waals surface area contributed by atoms with Crippen LogP contribution in [0.4, 0.5) is 0 Å². The molecule has 6 heteroatoms. The summed E-state index contributed by atoms with van der Waals surface area (Å²) in [6.07, 6.45) is 2.86. The zero-order valence-corrected chi connectivity index (χ0v) is 11.1. The van der Waals surface area contributed by atoms with Gasteiger partial charge in [-0.1, -0.05) is 11.6 Å². The normalized spacial score (nSPS) is 18.2. The van der Waals surface area contributed by atoms with Crippen molar-refractivity contribution in [2.24, 2.45) is 0 Å². The molecule has 0 aliphatic carbocycles. The fourth-order valence-electron chi connectivity index (χ4n) is 2.13. The number of aromatic nitrogens is 2. The van der Waals surface area contributed by atoms with E-state index in [1.54, 1.807) is 13.8 Å². The van der Waals surface area contributed by atoms with Gasteiger partial charge in [0.15, 0.2) is 0 Å². The first-order valence-corrected chi connectivity index (χ1v) is 7.04. The summed E-state index contributed by atoms with van der Waals surface area (Å²) >= 11 is 0. The van der Waals surface area contributed by atoms with Crippen LogP contribution in [0.2, 0.25) is 0 Å². The van der Waals surface area contributed by atoms with Gasteiger partial charge in [0, 0.05) is 13.1 Å². The van der Waals surface area contributed by atoms with Gasteiger partial charge in [0.1, 0.15) is 4.90 Å². The Hall–Kier alpha value is -1.14. The van der Waals surface area contributed by atoms with Gasteiger partial charge < -0.3 is 0 Å². The van der Waals surface area contributed by atoms with Gasteiger partial charge in [-0.05, 0) is 27.2 Å². The highest BCUT2D eigenvalue weighted by Crippen LogP contribution is 2.24. The quantitative estimate of drug-likeness (QED) is 0.812. The van der Waals surface area contributed by atoms with Gasteiger partial charge in [-0.25, -0.2) is 8.42 Å². The number of nitrogens with zero attached hydrogens (tertiary/aromatic N) is 2. The predicted octanol–water partition coefficient (Wildman–Crippen LogP) is 1.37. The fraction of sp³-hybridized carbons (Fsp3) is 0.545. The summed E-state index contributed by atoms with van der Waals surface area (Å²) < 4.78 is 26.5. The van der Waals surface area contributed by atoms with Gasteiger partial charge in [-0.2, -0.15) is 9.40 Å². The van der Waals surface area contributed by atoms with Gasteiger partial charge in [-0.3, -0.25) is 5.10 Å². The molecule has 1 aliphatic rings. The molecule has 0 spiro atoms. The molecule has 0 aromatic carbocycles. The van der Waals surface area contributed by atoms with E-state index in [1.165, 1.54) is 4.31 Å². The van der Waals surface area contributed by atoms with Crippen LogP contribution in [0, 0.1) is 13.8 Å². The Morgan fingerprint density at radius 3 is 2.59 bits per heavy atom. The second kappa shape index (κ2) is 4.27. The molecular formula is C11H17N3O2S. The van der Waals surface area contributed by atoms with Gasteiger partial charge in [0.05, 0.1) is 11.4 Å². The van der Waals surface area contributed by atoms with Gasteiger partial charge in [-0.15, -0.1) is 0 Å². The number of nitrogens with one attached hydrogen (secondary N) is 1. The minimum Gasteiger partial charge on any atom is -0.281 e. The van der Waals surface area contributed by atoms with E-state index in [0.29, 0.717) is 29.4 Å². The third-order valence-corrected chi connectivity index (χ3v) is 5.06. The number of aromatic amines is 1. The molecule has 5 nitrogen and oxygen atoms in total. The first-order valence-electron chi connectivity index (χ1n) is 5.60. The summed E-state index contributed by atoms with van der Waals surface area (Å²) in [5.74, 6) is 0. The first kappa shape index (κ1) is 12.3. The number of hydrogen-bond acceptors (Lipinski definition) is 3. The molecular weight excluding hydrogens is 238 g/mol. The monoisotopic (exact) mass is 255 g/mol. The summed E-state index contributed by atoms with van der Waals surface area (Å²) in [5.41, 5.74) is 2.24. The van der Waals surface area contributed by atoms with Crippen LogP contribution in [0.3, 0.4) is 0 Å². The van der Waals surface area contributed by atoms with Crippen LogP contribution in [0.25, 0.3) is 0 Å². The van der Waals surface area contributed by atoms with E-state index in [4.69, 9.17) is 0 Å². The van der Waals surface area contributed by atoms with Gasteiger partial charge in [0.25, 0.3) is 0 Å². The molecule has 94 valence electrons. The molecule has 0 saturated carbocycles. The van der Waals surface area contributed by atoms with Crippen LogP contribution >= 0.6 is 0 Å². The van der Waals surface area contributed by atoms with E-state index in [9.17, 15) is 8.42 Å². The van der Waals surface area contributed by atoms with Crippen LogP contribution < -0.4 is 0 Å². The van der Waals surface area contributed by atoms with E-state index >= 15 is 0 Å². The van der Waals surface area contributed by atoms with Crippen molar-refractivity contribution in [3.63, 3.8) is 0 Å². The van der Waals surface area contributed by atoms with Crippen LogP contribution in [0.1, 0.15) is 24.7 Å². The Morgan fingerprint density at radius 2 is 2.06 bits per heavy atom. The molecule has 0 atom stereocenters. The summed E-state index contributed by atoms with van der Waals surface area (Å²) in [4.78, 5) is 0.326. The third-order valence-electron chi connectivity index (χ3n) is 2.96. The topological polar surface area (TPSA) is 66.1 Å². The van der Waals surface area contributed by atoms with E-state index in [-0.39, 0.29) is 0 Å². The van der Waals surface area contributed by atoms with Crippen molar-refractivity contribution in [2.45, 2.75) is 32.1 Å². The molecule has 1 aliphatic heterocycles. The molecule has 0 radical (unpaired) electrons. The summed E-state index contributed by atoms with van der Waals surface area (Å²) in [7, 11) is -3.41. The van der Waals surface area contributed by atoms with Crippen molar-refractivity contribution in [2.75, 3.05) is 13.1 Å². The summed E-state index contributed by atoms with van der Waals surface area (Å²) in [6.45, 7) is 6.43. The maximum atomic E-state index is 12.5. The number of H-pyrrole nitrogens is 1. The standard InChI is InChI=1S/C11H17N3O2S/c1-8-5-4-6-14(7-8)17(15,16)11-9(2)12-13-10(11)3/h5H,4,6-7H2,1-3H3,(H,12,13). The molecule has 17 heavy (non-hydrogen) atoms. The predicted molar refractivity (Wildman–Crippen MR) is 65.2 cm³/mol. The van der Waals surface area contributed by atoms with Crippen molar-refractivity contribution in [1.82, 2.24) is 14.5 Å². The molecule has 1 aromatic heterocycles. The van der Waals surface area contributed by atoms with Gasteiger partial charge >= 0.3 is 0 Å². The van der Waals surface area contributed by atoms with Gasteiger partial charge in [0.2, 0.25) is 10.0 Å². The van der Waals surface area contributed by atoms with E-state index in [1.807, 2.05) is 6.92 Å². The fourth-order valence-corrected chi connectivity index (χ4v) is 3.96. The molecule has 0 unspecified atom stereocenters. The lowest BCUT2D eigenvalue weighted by Crippen LogP contribution is -2.35. The van der Waals surface area contributed by atoms with E-state index in [2.05, 4.69) is 16.3 Å². The van der Waals surface area contributed by atoms with E-state index in [0.717, 1.165) is 12.0 Å². The highest BCUT2D eigenvalue weighted by molar-refractivity contribution is 7.89.